The molecule has 0 amide bonds. The predicted molar refractivity (Wildman–Crippen MR) is 240 cm³/mol. The van der Waals surface area contributed by atoms with Crippen molar-refractivity contribution in [2.24, 2.45) is 5.92 Å². The molecule has 1 N–H and O–H groups in total. The number of halogens is 1. The van der Waals surface area contributed by atoms with Crippen LogP contribution in [0.5, 0.6) is 0 Å². The number of ether oxygens (including phenoxy) is 3. The molecule has 356 valence electrons. The second-order valence-electron chi connectivity index (χ2n) is 17.0. The summed E-state index contributed by atoms with van der Waals surface area (Å²) in [4.78, 5) is 50.5. The number of alkyl halides is 1. The molecule has 13 heteroatoms. The van der Waals surface area contributed by atoms with Crippen LogP contribution in [-0.4, -0.2) is 83.6 Å². The Morgan fingerprint density at radius 1 is 0.583 bits per heavy atom. The molecule has 11 nitrogen and oxygen atoms in total. The fourth-order valence-corrected chi connectivity index (χ4v) is 8.10. The van der Waals surface area contributed by atoms with E-state index in [2.05, 4.69) is 37.9 Å². The quantitative estimate of drug-likeness (QED) is 0.00920. The average molecular weight is 988 g/mol. The van der Waals surface area contributed by atoms with Crippen LogP contribution in [0, 0.1) is 5.92 Å². The van der Waals surface area contributed by atoms with Crippen LogP contribution < -0.4 is 21.5 Å². The van der Waals surface area contributed by atoms with E-state index < -0.39 is 32.5 Å². The summed E-state index contributed by atoms with van der Waals surface area (Å²) >= 11 is -0.161. The van der Waals surface area contributed by atoms with Crippen molar-refractivity contribution in [3.05, 3.63) is 12.2 Å². The minimum atomic E-state index is -4.45. The van der Waals surface area contributed by atoms with Crippen LogP contribution in [0.3, 0.4) is 0 Å². The predicted octanol–water partition coefficient (Wildman–Crippen LogP) is 9.37. The van der Waals surface area contributed by atoms with Gasteiger partial charge in [0.2, 0.25) is 0 Å². The summed E-state index contributed by atoms with van der Waals surface area (Å²) in [7, 11) is -0.387. The molecule has 0 saturated carbocycles. The number of quaternary nitrogens is 1. The first kappa shape index (κ1) is 58.9. The van der Waals surface area contributed by atoms with Crippen molar-refractivity contribution in [1.82, 2.24) is 0 Å². The van der Waals surface area contributed by atoms with Gasteiger partial charge in [-0.3, -0.25) is 4.79 Å². The summed E-state index contributed by atoms with van der Waals surface area (Å²) in [5, 5.41) is 0. The topological polar surface area (TPSA) is 135 Å². The van der Waals surface area contributed by atoms with Gasteiger partial charge in [-0.05, 0) is 50.9 Å². The summed E-state index contributed by atoms with van der Waals surface area (Å²) in [6, 6.07) is 0. The Hall–Kier alpha value is -1.05. The Kier molecular flexibility index (Phi) is 40.0. The van der Waals surface area contributed by atoms with Crippen LogP contribution in [-0.2, 0) is 42.2 Å². The Labute approximate surface area is 378 Å². The van der Waals surface area contributed by atoms with E-state index in [9.17, 15) is 23.8 Å². The third-order valence-electron chi connectivity index (χ3n) is 10.8. The Morgan fingerprint density at radius 2 is 1.03 bits per heavy atom. The molecule has 0 fully saturated rings. The fraction of sp³-hybridized carbons (Fsp3) is 0.894. The first-order chi connectivity index (χ1) is 28.9. The molecule has 0 aliphatic heterocycles. The summed E-state index contributed by atoms with van der Waals surface area (Å²) < 4.78 is 40.4. The zero-order valence-electron chi connectivity index (χ0n) is 39.2. The summed E-state index contributed by atoms with van der Waals surface area (Å²) in [5.41, 5.74) is 0. The molecular weight excluding hydrogens is 896 g/mol. The molecule has 60 heavy (non-hydrogen) atoms. The number of carbonyl (C=O) groups excluding carboxylic acids is 3. The maximum atomic E-state index is 12.9. The molecule has 3 atom stereocenters. The van der Waals surface area contributed by atoms with Crippen LogP contribution in [0.15, 0.2) is 12.2 Å². The molecule has 0 aromatic rings. The smallest absolute Gasteiger partial charge is 0.465 e. The van der Waals surface area contributed by atoms with Gasteiger partial charge in [-0.25, -0.2) is 0 Å². The first-order valence-corrected chi connectivity index (χ1v) is 28.6. The molecule has 0 aliphatic rings. The van der Waals surface area contributed by atoms with Gasteiger partial charge in [0.05, 0.1) is 6.61 Å². The summed E-state index contributed by atoms with van der Waals surface area (Å²) in [5.74, 6) is -1.03. The van der Waals surface area contributed by atoms with Crippen molar-refractivity contribution in [3.63, 3.8) is 0 Å². The molecule has 0 aliphatic carbocycles. The number of allylic oxidation sites excluding steroid dienone is 2. The van der Waals surface area contributed by atoms with E-state index in [1.54, 1.807) is 0 Å². The molecule has 2 unspecified atom stereocenters. The van der Waals surface area contributed by atoms with Crippen LogP contribution in [0.25, 0.3) is 0 Å². The molecule has 0 bridgehead atoms. The SMILES string of the molecule is CCCCCCCC/C=C\CCCCCCCC(=O)OC[C@H](COP(=O)(O)OCC[N+](C)(C)[I-]C)OC(=O)CCCC(=O)OCC(CCCCCC)CCCCCCCC. The number of rotatable bonds is 44. The molecule has 0 rings (SSSR count). The number of likely N-dealkylation sites (N-methyl/N-ethyl adjacent to an activating group) is 1. The number of phosphoric ester groups is 1. The van der Waals surface area contributed by atoms with Gasteiger partial charge in [-0.15, -0.1) is 0 Å². The first-order valence-electron chi connectivity index (χ1n) is 24.0. The van der Waals surface area contributed by atoms with Gasteiger partial charge in [-0.1, -0.05) is 148 Å². The fourth-order valence-electron chi connectivity index (χ4n) is 6.68. The summed E-state index contributed by atoms with van der Waals surface area (Å²) in [6.45, 7) is 6.85. The number of phosphoric acid groups is 1. The van der Waals surface area contributed by atoms with Crippen LogP contribution >= 0.6 is 7.82 Å². The van der Waals surface area contributed by atoms with Gasteiger partial charge < -0.3 is 4.74 Å². The van der Waals surface area contributed by atoms with Crippen LogP contribution in [0.4, 0.5) is 0 Å². The number of nitrogens with zero attached hydrogens (tertiary/aromatic N) is 1. The van der Waals surface area contributed by atoms with Crippen molar-refractivity contribution in [1.29, 1.82) is 0 Å². The second-order valence-corrected chi connectivity index (χ2v) is 22.0. The molecule has 0 aromatic carbocycles. The molecular formula is C47H91INO10P. The molecule has 0 radical (unpaired) electrons. The minimum absolute atomic E-state index is 0.0263. The van der Waals surface area contributed by atoms with E-state index in [-0.39, 0.29) is 66.3 Å². The van der Waals surface area contributed by atoms with Gasteiger partial charge in [0.1, 0.15) is 0 Å². The molecule has 0 saturated heterocycles. The van der Waals surface area contributed by atoms with Gasteiger partial charge >= 0.3 is 158 Å². The van der Waals surface area contributed by atoms with E-state index in [1.807, 2.05) is 14.1 Å². The Morgan fingerprint density at radius 3 is 1.58 bits per heavy atom. The van der Waals surface area contributed by atoms with Gasteiger partial charge in [0.25, 0.3) is 0 Å². The molecule has 0 spiro atoms. The summed E-state index contributed by atoms with van der Waals surface area (Å²) in [6.07, 6.45) is 33.3. The number of hydrogen-bond acceptors (Lipinski definition) is 9. The van der Waals surface area contributed by atoms with Crippen LogP contribution in [0.2, 0.25) is 0 Å². The minimum Gasteiger partial charge on any atom is -0.465 e. The van der Waals surface area contributed by atoms with Crippen molar-refractivity contribution in [2.45, 2.75) is 213 Å². The van der Waals surface area contributed by atoms with E-state index in [0.29, 0.717) is 28.2 Å². The third-order valence-corrected chi connectivity index (χ3v) is 14.9. The molecule has 0 heterocycles. The normalized spacial score (nSPS) is 14.0. The maximum absolute atomic E-state index is 12.9. The van der Waals surface area contributed by atoms with Gasteiger partial charge in [0.15, 0.2) is 0 Å². The van der Waals surface area contributed by atoms with Crippen molar-refractivity contribution in [3.8, 4) is 0 Å². The zero-order valence-corrected chi connectivity index (χ0v) is 42.3. The third kappa shape index (κ3) is 39.8. The van der Waals surface area contributed by atoms with Gasteiger partial charge in [0, 0.05) is 6.42 Å². The van der Waals surface area contributed by atoms with E-state index >= 15 is 0 Å². The number of hydrogen-bond donors (Lipinski definition) is 1. The zero-order chi connectivity index (χ0) is 44.6. The van der Waals surface area contributed by atoms with E-state index in [0.717, 1.165) is 57.8 Å². The second kappa shape index (κ2) is 40.7. The van der Waals surface area contributed by atoms with Gasteiger partial charge in [-0.2, -0.15) is 0 Å². The Balaban J connectivity index is 4.81. The van der Waals surface area contributed by atoms with E-state index in [1.165, 1.54) is 96.3 Å². The number of unbranched alkanes of at least 4 members (excludes halogenated alkanes) is 19. The monoisotopic (exact) mass is 988 g/mol. The average Bonchev–Trinajstić information content (AvgIpc) is 3.21. The van der Waals surface area contributed by atoms with Crippen molar-refractivity contribution >= 4 is 25.7 Å². The standard InChI is InChI=1S/C47H91INO10P/c1-7-10-13-16-18-19-20-21-22-23-24-25-26-28-31-35-45(50)56-41-44(42-58-60(53,54)57-39-38-49(5,6)48-4)59-47(52)37-32-36-46(51)55-40-43(33-29-15-12-9-3)34-30-27-17-14-11-8-2/h21-22,43-44H,7-20,23-42H2,1-6H3,(H,53,54)/b22-21-/t43?,44-/m1/s1. The van der Waals surface area contributed by atoms with E-state index in [4.69, 9.17) is 23.3 Å². The van der Waals surface area contributed by atoms with Crippen LogP contribution in [0.1, 0.15) is 207 Å². The molecule has 0 aromatic heterocycles. The van der Waals surface area contributed by atoms with Crippen molar-refractivity contribution < 1.29 is 71.3 Å². The Bertz CT molecular complexity index is 1120. The number of esters is 3. The number of carbonyl (C=O) groups is 3. The van der Waals surface area contributed by atoms with Crippen molar-refractivity contribution in [2.75, 3.05) is 52.0 Å².